The molecule has 0 spiro atoms. The highest BCUT2D eigenvalue weighted by Gasteiger charge is 2.16. The number of halogens is 1. The van der Waals surface area contributed by atoms with Crippen molar-refractivity contribution < 1.29 is 14.3 Å². The Kier molecular flexibility index (Phi) is 11.0. The maximum Gasteiger partial charge on any atom is 0.407 e. The van der Waals surface area contributed by atoms with Gasteiger partial charge >= 0.3 is 6.09 Å². The lowest BCUT2D eigenvalue weighted by Crippen LogP contribution is -2.32. The molecule has 0 saturated heterocycles. The Morgan fingerprint density at radius 2 is 1.66 bits per heavy atom. The monoisotopic (exact) mass is 505 g/mol. The van der Waals surface area contributed by atoms with Crippen LogP contribution in [0, 0.1) is 0 Å². The number of carbonyl (C=O) groups excluding carboxylic acids is 2. The molecular formula is C24H36ClN7O3. The standard InChI is InChI=1S/C24H36ClN7O3/c1-24(2,3)35-23(34)27-16-10-8-6-7-9-15-26-21-17(11-12-18(25)28-21)22(33)29-19-13-14-20(31-30-19)32(4)5/h11-14H,6-10,15-16H2,1-5H3,(H,26,28)(H,27,34)(H,29,30,33). The number of hydrogen-bond acceptors (Lipinski definition) is 8. The van der Waals surface area contributed by atoms with Gasteiger partial charge in [0.25, 0.3) is 5.91 Å². The summed E-state index contributed by atoms with van der Waals surface area (Å²) in [6.07, 6.45) is 4.47. The van der Waals surface area contributed by atoms with Gasteiger partial charge in [0.05, 0.1) is 5.56 Å². The van der Waals surface area contributed by atoms with E-state index in [2.05, 4.69) is 31.1 Å². The smallest absolute Gasteiger partial charge is 0.407 e. The van der Waals surface area contributed by atoms with Gasteiger partial charge in [0.15, 0.2) is 11.6 Å². The van der Waals surface area contributed by atoms with E-state index < -0.39 is 5.60 Å². The van der Waals surface area contributed by atoms with Crippen molar-refractivity contribution in [3.8, 4) is 0 Å². The zero-order valence-electron chi connectivity index (χ0n) is 21.2. The number of hydrogen-bond donors (Lipinski definition) is 3. The zero-order chi connectivity index (χ0) is 25.8. The molecule has 0 aliphatic heterocycles. The van der Waals surface area contributed by atoms with E-state index in [1.165, 1.54) is 0 Å². The molecule has 192 valence electrons. The summed E-state index contributed by atoms with van der Waals surface area (Å²) < 4.78 is 5.21. The summed E-state index contributed by atoms with van der Waals surface area (Å²) in [6.45, 7) is 6.77. The van der Waals surface area contributed by atoms with Gasteiger partial charge in [-0.15, -0.1) is 10.2 Å². The maximum absolute atomic E-state index is 12.8. The third-order valence-electron chi connectivity index (χ3n) is 4.77. The highest BCUT2D eigenvalue weighted by atomic mass is 35.5. The molecule has 2 aromatic rings. The zero-order valence-corrected chi connectivity index (χ0v) is 21.9. The molecule has 2 heterocycles. The molecule has 0 aliphatic carbocycles. The first-order valence-electron chi connectivity index (χ1n) is 11.7. The number of carbonyl (C=O) groups is 2. The van der Waals surface area contributed by atoms with Gasteiger partial charge in [-0.2, -0.15) is 0 Å². The molecule has 0 aromatic carbocycles. The Morgan fingerprint density at radius 1 is 0.971 bits per heavy atom. The summed E-state index contributed by atoms with van der Waals surface area (Å²) >= 11 is 6.05. The molecule has 2 rings (SSSR count). The fourth-order valence-electron chi connectivity index (χ4n) is 3.06. The van der Waals surface area contributed by atoms with E-state index in [-0.39, 0.29) is 12.0 Å². The van der Waals surface area contributed by atoms with Crippen LogP contribution >= 0.6 is 11.6 Å². The van der Waals surface area contributed by atoms with Crippen LogP contribution in [0.4, 0.5) is 22.2 Å². The molecule has 0 aliphatic rings. The molecule has 35 heavy (non-hydrogen) atoms. The van der Waals surface area contributed by atoms with Crippen molar-refractivity contribution in [2.24, 2.45) is 0 Å². The van der Waals surface area contributed by atoms with E-state index >= 15 is 0 Å². The Labute approximate surface area is 212 Å². The number of nitrogens with one attached hydrogen (secondary N) is 3. The first-order chi connectivity index (χ1) is 16.5. The van der Waals surface area contributed by atoms with Gasteiger partial charge in [-0.1, -0.05) is 30.9 Å². The lowest BCUT2D eigenvalue weighted by molar-refractivity contribution is 0.0526. The minimum atomic E-state index is -0.485. The predicted octanol–water partition coefficient (Wildman–Crippen LogP) is 4.73. The molecule has 10 nitrogen and oxygen atoms in total. The van der Waals surface area contributed by atoms with E-state index in [0.717, 1.165) is 32.1 Å². The number of pyridine rings is 1. The highest BCUT2D eigenvalue weighted by Crippen LogP contribution is 2.19. The molecule has 0 radical (unpaired) electrons. The number of amides is 2. The van der Waals surface area contributed by atoms with Crippen LogP contribution in [-0.4, -0.2) is 60.0 Å². The van der Waals surface area contributed by atoms with Gasteiger partial charge in [0, 0.05) is 27.2 Å². The van der Waals surface area contributed by atoms with Gasteiger partial charge in [-0.05, 0) is 57.9 Å². The molecule has 0 saturated carbocycles. The summed E-state index contributed by atoms with van der Waals surface area (Å²) in [5, 5.41) is 17.1. The Balaban J connectivity index is 1.73. The number of ether oxygens (including phenoxy) is 1. The normalized spacial score (nSPS) is 11.0. The molecule has 0 unspecified atom stereocenters. The van der Waals surface area contributed by atoms with Crippen LogP contribution < -0.4 is 20.9 Å². The summed E-state index contributed by atoms with van der Waals surface area (Å²) in [4.78, 5) is 30.5. The first kappa shape index (κ1) is 28.1. The second kappa shape index (κ2) is 13.7. The Hall–Kier alpha value is -3.14. The minimum Gasteiger partial charge on any atom is -0.444 e. The third kappa shape index (κ3) is 10.8. The van der Waals surface area contributed by atoms with Crippen molar-refractivity contribution in [1.82, 2.24) is 20.5 Å². The van der Waals surface area contributed by atoms with Crippen LogP contribution in [0.15, 0.2) is 24.3 Å². The number of anilines is 3. The first-order valence-corrected chi connectivity index (χ1v) is 12.1. The van der Waals surface area contributed by atoms with Crippen LogP contribution in [0.2, 0.25) is 5.15 Å². The van der Waals surface area contributed by atoms with E-state index in [1.807, 2.05) is 39.8 Å². The second-order valence-electron chi connectivity index (χ2n) is 9.28. The van der Waals surface area contributed by atoms with E-state index in [1.54, 1.807) is 24.3 Å². The Morgan fingerprint density at radius 3 is 2.29 bits per heavy atom. The van der Waals surface area contributed by atoms with Crippen molar-refractivity contribution >= 4 is 41.1 Å². The lowest BCUT2D eigenvalue weighted by Gasteiger charge is -2.19. The molecule has 2 amide bonds. The Bertz CT molecular complexity index is 963. The topological polar surface area (TPSA) is 121 Å². The van der Waals surface area contributed by atoms with Gasteiger partial charge in [0.1, 0.15) is 16.6 Å². The average Bonchev–Trinajstić information content (AvgIpc) is 2.77. The number of aromatic nitrogens is 3. The maximum atomic E-state index is 12.8. The van der Waals surface area contributed by atoms with Crippen molar-refractivity contribution in [2.75, 3.05) is 42.7 Å². The number of nitrogens with zero attached hydrogens (tertiary/aromatic N) is 4. The van der Waals surface area contributed by atoms with Crippen LogP contribution in [0.1, 0.15) is 63.2 Å². The van der Waals surface area contributed by atoms with Crippen LogP contribution in [-0.2, 0) is 4.74 Å². The van der Waals surface area contributed by atoms with E-state index in [9.17, 15) is 9.59 Å². The SMILES string of the molecule is CN(C)c1ccc(NC(=O)c2ccc(Cl)nc2NCCCCCCCNC(=O)OC(C)(C)C)nn1. The highest BCUT2D eigenvalue weighted by molar-refractivity contribution is 6.29. The molecule has 3 N–H and O–H groups in total. The van der Waals surface area contributed by atoms with Crippen LogP contribution in [0.3, 0.4) is 0 Å². The summed E-state index contributed by atoms with van der Waals surface area (Å²) in [6, 6.07) is 6.68. The quantitative estimate of drug-likeness (QED) is 0.279. The van der Waals surface area contributed by atoms with Crippen molar-refractivity contribution in [3.63, 3.8) is 0 Å². The predicted molar refractivity (Wildman–Crippen MR) is 139 cm³/mol. The molecule has 0 atom stereocenters. The van der Waals surface area contributed by atoms with Gasteiger partial charge in [0.2, 0.25) is 0 Å². The summed E-state index contributed by atoms with van der Waals surface area (Å²) in [7, 11) is 3.73. The van der Waals surface area contributed by atoms with Gasteiger partial charge in [-0.3, -0.25) is 4.79 Å². The van der Waals surface area contributed by atoms with E-state index in [0.29, 0.717) is 41.3 Å². The van der Waals surface area contributed by atoms with Gasteiger partial charge in [-0.25, -0.2) is 9.78 Å². The number of rotatable bonds is 12. The summed E-state index contributed by atoms with van der Waals surface area (Å²) in [5.74, 6) is 1.12. The molecular weight excluding hydrogens is 470 g/mol. The van der Waals surface area contributed by atoms with Crippen LogP contribution in [0.25, 0.3) is 0 Å². The number of unbranched alkanes of at least 4 members (excludes halogenated alkanes) is 4. The second-order valence-corrected chi connectivity index (χ2v) is 9.67. The molecule has 2 aromatic heterocycles. The fraction of sp³-hybridized carbons (Fsp3) is 0.542. The fourth-order valence-corrected chi connectivity index (χ4v) is 3.21. The van der Waals surface area contributed by atoms with E-state index in [4.69, 9.17) is 16.3 Å². The van der Waals surface area contributed by atoms with Crippen molar-refractivity contribution in [3.05, 3.63) is 35.0 Å². The average molecular weight is 506 g/mol. The third-order valence-corrected chi connectivity index (χ3v) is 4.98. The molecule has 0 bridgehead atoms. The molecule has 11 heteroatoms. The minimum absolute atomic E-state index is 0.302. The van der Waals surface area contributed by atoms with Gasteiger partial charge < -0.3 is 25.6 Å². The number of alkyl carbamates (subject to hydrolysis) is 1. The lowest BCUT2D eigenvalue weighted by atomic mass is 10.1. The summed E-state index contributed by atoms with van der Waals surface area (Å²) in [5.41, 5.74) is -0.109. The largest absolute Gasteiger partial charge is 0.444 e. The molecule has 0 fully saturated rings. The van der Waals surface area contributed by atoms with Crippen molar-refractivity contribution in [1.29, 1.82) is 0 Å². The van der Waals surface area contributed by atoms with Crippen LogP contribution in [0.5, 0.6) is 0 Å². The van der Waals surface area contributed by atoms with Crippen molar-refractivity contribution in [2.45, 2.75) is 58.5 Å².